The van der Waals surface area contributed by atoms with Crippen LogP contribution >= 0.6 is 0 Å². The first-order chi connectivity index (χ1) is 17.6. The Kier molecular flexibility index (Phi) is 6.21. The van der Waals surface area contributed by atoms with Gasteiger partial charge in [-0.3, -0.25) is 14.3 Å². The number of benzene rings is 1. The molecule has 14 nitrogen and oxygen atoms in total. The van der Waals surface area contributed by atoms with Gasteiger partial charge in [0.15, 0.2) is 23.9 Å². The number of esters is 1. The third-order valence-corrected chi connectivity index (χ3v) is 4.94. The number of nitrogen functional groups attached to an aromatic ring is 1. The van der Waals surface area contributed by atoms with Crippen LogP contribution in [0.2, 0.25) is 0 Å². The van der Waals surface area contributed by atoms with Crippen LogP contribution in [0, 0.1) is 0 Å². The van der Waals surface area contributed by atoms with Gasteiger partial charge in [-0.25, -0.2) is 14.4 Å². The largest absolute Gasteiger partial charge is 0.492 e. The Morgan fingerprint density at radius 2 is 1.94 bits per heavy atom. The van der Waals surface area contributed by atoms with E-state index in [1.807, 2.05) is 22.8 Å². The number of nitrogens with two attached hydrogens (primary N) is 1. The van der Waals surface area contributed by atoms with Crippen LogP contribution in [-0.2, 0) is 9.53 Å². The number of pyridine rings is 1. The number of nitrogens with one attached hydrogen (secondary N) is 1. The summed E-state index contributed by atoms with van der Waals surface area (Å²) in [6.45, 7) is -0.0358. The SMILES string of the molecule is Nc1nonc1-c1nc2cnccc2n1-c1ccc(OCCNC(=O)COC(=O)c2ccno2)cc1. The van der Waals surface area contributed by atoms with Gasteiger partial charge in [-0.15, -0.1) is 0 Å². The van der Waals surface area contributed by atoms with Gasteiger partial charge in [0.2, 0.25) is 5.76 Å². The molecule has 0 unspecified atom stereocenters. The molecule has 182 valence electrons. The minimum absolute atomic E-state index is 0.0804. The molecule has 0 fully saturated rings. The molecule has 0 saturated carbocycles. The molecule has 3 N–H and O–H groups in total. The van der Waals surface area contributed by atoms with Crippen molar-refractivity contribution < 1.29 is 28.2 Å². The summed E-state index contributed by atoms with van der Waals surface area (Å²) in [7, 11) is 0. The second-order valence-corrected chi connectivity index (χ2v) is 7.28. The lowest BCUT2D eigenvalue weighted by Gasteiger charge is -2.11. The number of hydrogen-bond acceptors (Lipinski definition) is 12. The van der Waals surface area contributed by atoms with Crippen LogP contribution in [0.1, 0.15) is 10.6 Å². The number of imidazole rings is 1. The van der Waals surface area contributed by atoms with Crippen LogP contribution in [0.3, 0.4) is 0 Å². The van der Waals surface area contributed by atoms with Gasteiger partial charge in [0.1, 0.15) is 17.9 Å². The standard InChI is InChI=1S/C22H18N8O6/c23-20-19(28-36-29-20)21-27-15-11-24-7-5-16(15)30(21)13-1-3-14(4-2-13)33-10-9-25-18(31)12-34-22(32)17-6-8-26-35-17/h1-8,11H,9-10,12H2,(H2,23,29)(H,25,31). The zero-order chi connectivity index (χ0) is 24.9. The summed E-state index contributed by atoms with van der Waals surface area (Å²) in [4.78, 5) is 32.2. The Labute approximate surface area is 202 Å². The Bertz CT molecular complexity index is 1490. The third kappa shape index (κ3) is 4.68. The predicted octanol–water partition coefficient (Wildman–Crippen LogP) is 1.39. The number of hydrogen-bond donors (Lipinski definition) is 2. The van der Waals surface area contributed by atoms with Gasteiger partial charge < -0.3 is 25.0 Å². The average molecular weight is 490 g/mol. The van der Waals surface area contributed by atoms with Crippen molar-refractivity contribution in [3.8, 4) is 23.0 Å². The van der Waals surface area contributed by atoms with Gasteiger partial charge >= 0.3 is 5.97 Å². The second-order valence-electron chi connectivity index (χ2n) is 7.28. The van der Waals surface area contributed by atoms with Crippen molar-refractivity contribution in [2.75, 3.05) is 25.5 Å². The van der Waals surface area contributed by atoms with E-state index >= 15 is 0 Å². The molecule has 0 aliphatic carbocycles. The van der Waals surface area contributed by atoms with Crippen LogP contribution < -0.4 is 15.8 Å². The van der Waals surface area contributed by atoms with Crippen molar-refractivity contribution in [2.24, 2.45) is 0 Å². The highest BCUT2D eigenvalue weighted by molar-refractivity contribution is 5.88. The summed E-state index contributed by atoms with van der Waals surface area (Å²) in [6.07, 6.45) is 4.61. The molecule has 1 aromatic carbocycles. The number of nitrogens with zero attached hydrogens (tertiary/aromatic N) is 6. The fourth-order valence-corrected chi connectivity index (χ4v) is 3.33. The molecule has 0 aliphatic rings. The first-order valence-electron chi connectivity index (χ1n) is 10.6. The average Bonchev–Trinajstić information content (AvgIpc) is 3.65. The highest BCUT2D eigenvalue weighted by Crippen LogP contribution is 2.30. The van der Waals surface area contributed by atoms with Gasteiger partial charge in [0, 0.05) is 18.0 Å². The number of ether oxygens (including phenoxy) is 2. The Morgan fingerprint density at radius 1 is 1.08 bits per heavy atom. The molecule has 0 aliphatic heterocycles. The maximum Gasteiger partial charge on any atom is 0.377 e. The monoisotopic (exact) mass is 490 g/mol. The maximum atomic E-state index is 11.8. The molecule has 4 aromatic heterocycles. The van der Waals surface area contributed by atoms with Crippen molar-refractivity contribution in [1.82, 2.24) is 35.3 Å². The Hall–Kier alpha value is -5.27. The molecular weight excluding hydrogens is 472 g/mol. The molecule has 0 atom stereocenters. The number of amides is 1. The number of carbonyl (C=O) groups is 2. The molecule has 14 heteroatoms. The molecule has 5 rings (SSSR count). The zero-order valence-corrected chi connectivity index (χ0v) is 18.5. The van der Waals surface area contributed by atoms with Crippen LogP contribution in [0.25, 0.3) is 28.2 Å². The van der Waals surface area contributed by atoms with Crippen LogP contribution in [0.15, 0.2) is 64.1 Å². The van der Waals surface area contributed by atoms with Crippen molar-refractivity contribution in [2.45, 2.75) is 0 Å². The number of anilines is 1. The van der Waals surface area contributed by atoms with E-state index < -0.39 is 18.5 Å². The topological polar surface area (TPSA) is 186 Å². The minimum atomic E-state index is -0.772. The lowest BCUT2D eigenvalue weighted by atomic mass is 10.2. The number of rotatable bonds is 9. The highest BCUT2D eigenvalue weighted by atomic mass is 16.6. The first-order valence-corrected chi connectivity index (χ1v) is 10.6. The van der Waals surface area contributed by atoms with E-state index in [0.29, 0.717) is 22.8 Å². The molecule has 36 heavy (non-hydrogen) atoms. The molecule has 0 saturated heterocycles. The summed E-state index contributed by atoms with van der Waals surface area (Å²) >= 11 is 0. The summed E-state index contributed by atoms with van der Waals surface area (Å²) < 4.78 is 21.8. The van der Waals surface area contributed by atoms with E-state index in [1.54, 1.807) is 24.5 Å². The maximum absolute atomic E-state index is 11.8. The summed E-state index contributed by atoms with van der Waals surface area (Å²) in [5.41, 5.74) is 8.42. The highest BCUT2D eigenvalue weighted by Gasteiger charge is 2.20. The molecule has 5 aromatic rings. The third-order valence-electron chi connectivity index (χ3n) is 4.94. The zero-order valence-electron chi connectivity index (χ0n) is 18.5. The summed E-state index contributed by atoms with van der Waals surface area (Å²) in [6, 6.07) is 10.4. The quantitative estimate of drug-likeness (QED) is 0.224. The van der Waals surface area contributed by atoms with Crippen LogP contribution in [0.5, 0.6) is 5.75 Å². The fraction of sp³-hybridized carbons (Fsp3) is 0.136. The fourth-order valence-electron chi connectivity index (χ4n) is 3.33. The van der Waals surface area contributed by atoms with Gasteiger partial charge in [-0.1, -0.05) is 5.16 Å². The second kappa shape index (κ2) is 9.92. The van der Waals surface area contributed by atoms with Gasteiger partial charge in [-0.2, -0.15) is 0 Å². The molecule has 0 radical (unpaired) electrons. The molecule has 0 spiro atoms. The van der Waals surface area contributed by atoms with Gasteiger partial charge in [0.25, 0.3) is 5.91 Å². The van der Waals surface area contributed by atoms with E-state index in [4.69, 9.17) is 19.8 Å². The van der Waals surface area contributed by atoms with E-state index in [-0.39, 0.29) is 24.7 Å². The molecule has 0 bridgehead atoms. The van der Waals surface area contributed by atoms with E-state index in [2.05, 4.69) is 35.3 Å². The van der Waals surface area contributed by atoms with E-state index in [1.165, 1.54) is 12.3 Å². The lowest BCUT2D eigenvalue weighted by Crippen LogP contribution is -2.32. The first kappa shape index (κ1) is 22.5. The van der Waals surface area contributed by atoms with Crippen LogP contribution in [-0.4, -0.2) is 61.6 Å². The van der Waals surface area contributed by atoms with Crippen LogP contribution in [0.4, 0.5) is 5.82 Å². The summed E-state index contributed by atoms with van der Waals surface area (Å²) in [5.74, 6) is -0.168. The minimum Gasteiger partial charge on any atom is -0.492 e. The molecular formula is C22H18N8O6. The number of carbonyl (C=O) groups excluding carboxylic acids is 2. The van der Waals surface area contributed by atoms with E-state index in [9.17, 15) is 9.59 Å². The van der Waals surface area contributed by atoms with E-state index in [0.717, 1.165) is 11.2 Å². The van der Waals surface area contributed by atoms with Crippen molar-refractivity contribution >= 4 is 28.7 Å². The summed E-state index contributed by atoms with van der Waals surface area (Å²) in [5, 5.41) is 13.5. The van der Waals surface area contributed by atoms with Gasteiger partial charge in [-0.05, 0) is 40.6 Å². The number of fused-ring (bicyclic) bond motifs is 1. The van der Waals surface area contributed by atoms with Crippen molar-refractivity contribution in [3.63, 3.8) is 0 Å². The molecule has 1 amide bonds. The molecule has 4 heterocycles. The number of aromatic nitrogens is 6. The predicted molar refractivity (Wildman–Crippen MR) is 122 cm³/mol. The lowest BCUT2D eigenvalue weighted by molar-refractivity contribution is -0.124. The Balaban J connectivity index is 1.19. The normalized spacial score (nSPS) is 10.9. The van der Waals surface area contributed by atoms with Crippen molar-refractivity contribution in [3.05, 3.63) is 60.7 Å². The van der Waals surface area contributed by atoms with Gasteiger partial charge in [0.05, 0.1) is 24.5 Å². The smallest absolute Gasteiger partial charge is 0.377 e. The Morgan fingerprint density at radius 3 is 2.69 bits per heavy atom. The van der Waals surface area contributed by atoms with Crippen molar-refractivity contribution in [1.29, 1.82) is 0 Å².